The highest BCUT2D eigenvalue weighted by Gasteiger charge is 2.71. The van der Waals surface area contributed by atoms with Gasteiger partial charge in [-0.3, -0.25) is 0 Å². The van der Waals surface area contributed by atoms with Gasteiger partial charge in [-0.05, 0) is 160 Å². The first kappa shape index (κ1) is 34.6. The predicted octanol–water partition coefficient (Wildman–Crippen LogP) is 8.82. The number of ether oxygens (including phenoxy) is 2. The number of fused-ring (bicyclic) bond motifs is 5. The van der Waals surface area contributed by atoms with Gasteiger partial charge in [-0.25, -0.2) is 4.79 Å². The van der Waals surface area contributed by atoms with E-state index in [-0.39, 0.29) is 51.2 Å². The maximum atomic E-state index is 13.3. The minimum atomic E-state index is -0.808. The lowest BCUT2D eigenvalue weighted by Crippen LogP contribution is -2.66. The lowest BCUT2D eigenvalue weighted by Gasteiger charge is -2.70. The summed E-state index contributed by atoms with van der Waals surface area (Å²) in [7, 11) is 1.76. The number of esters is 1. The van der Waals surface area contributed by atoms with Gasteiger partial charge < -0.3 is 19.7 Å². The molecule has 1 aromatic rings. The predicted molar refractivity (Wildman–Crippen MR) is 184 cm³/mol. The van der Waals surface area contributed by atoms with Gasteiger partial charge in [0.15, 0.2) is 0 Å². The van der Waals surface area contributed by atoms with Crippen LogP contribution in [0.4, 0.5) is 0 Å². The molecule has 44 heavy (non-hydrogen) atoms. The van der Waals surface area contributed by atoms with E-state index in [4.69, 9.17) is 9.47 Å². The summed E-state index contributed by atoms with van der Waals surface area (Å²) in [6.07, 6.45) is 8.95. The Bertz CT molecular complexity index is 1230. The van der Waals surface area contributed by atoms with Crippen molar-refractivity contribution in [2.45, 2.75) is 143 Å². The average molecular weight is 723 g/mol. The first-order valence-electron chi connectivity index (χ1n) is 17.3. The molecule has 5 rings (SSSR count). The summed E-state index contributed by atoms with van der Waals surface area (Å²) >= 11 is 2.22. The number of methoxy groups -OCH3 is 1. The van der Waals surface area contributed by atoms with E-state index in [1.807, 2.05) is 31.2 Å². The maximum absolute atomic E-state index is 13.3. The van der Waals surface area contributed by atoms with Gasteiger partial charge in [-0.1, -0.05) is 46.8 Å². The standard InChI is InChI=1S/C38H59IO5/c1-33(2,43-9)18-12-19-38(8,42)25-15-21-37(7)31(25)27(40)23-29-35(5)20-17-30(34(3,4)28(35)16-22-36(29,37)6)44-32(41)24-13-10-11-14-26(24)39/h10-11,13-14,25,27-31,40,42H,12,15-23H2,1-9H3/t25-,27+,28-,29+,30-,31-,35-,36+,37+,38+/m0/s1. The number of halogens is 1. The number of aliphatic hydroxyl groups excluding tert-OH is 1. The third kappa shape index (κ3) is 5.51. The van der Waals surface area contributed by atoms with Gasteiger partial charge in [0.1, 0.15) is 6.10 Å². The number of carbonyl (C=O) groups excluding carboxylic acids is 1. The molecule has 1 aromatic carbocycles. The molecule has 0 aromatic heterocycles. The Hall–Kier alpha value is -0.700. The van der Waals surface area contributed by atoms with Crippen LogP contribution in [0.5, 0.6) is 0 Å². The Morgan fingerprint density at radius 2 is 1.61 bits per heavy atom. The fourth-order valence-electron chi connectivity index (χ4n) is 11.6. The van der Waals surface area contributed by atoms with Gasteiger partial charge in [0.05, 0.1) is 22.9 Å². The third-order valence-corrected chi connectivity index (χ3v) is 15.4. The van der Waals surface area contributed by atoms with Crippen molar-refractivity contribution in [1.29, 1.82) is 0 Å². The Morgan fingerprint density at radius 3 is 2.27 bits per heavy atom. The number of aliphatic hydroxyl groups is 2. The quantitative estimate of drug-likeness (QED) is 0.207. The molecular weight excluding hydrogens is 663 g/mol. The minimum Gasteiger partial charge on any atom is -0.458 e. The van der Waals surface area contributed by atoms with E-state index in [1.54, 1.807) is 7.11 Å². The Labute approximate surface area is 280 Å². The summed E-state index contributed by atoms with van der Waals surface area (Å²) in [5.41, 5.74) is -0.390. The molecule has 0 unspecified atom stereocenters. The van der Waals surface area contributed by atoms with Crippen molar-refractivity contribution in [3.63, 3.8) is 0 Å². The van der Waals surface area contributed by atoms with Gasteiger partial charge in [0.25, 0.3) is 0 Å². The van der Waals surface area contributed by atoms with Crippen LogP contribution in [0.25, 0.3) is 0 Å². The van der Waals surface area contributed by atoms with Crippen molar-refractivity contribution < 1.29 is 24.5 Å². The summed E-state index contributed by atoms with van der Waals surface area (Å²) in [5, 5.41) is 24.0. The van der Waals surface area contributed by atoms with Gasteiger partial charge in [0.2, 0.25) is 0 Å². The van der Waals surface area contributed by atoms with Crippen molar-refractivity contribution >= 4 is 28.6 Å². The highest BCUT2D eigenvalue weighted by atomic mass is 127. The number of hydrogen-bond acceptors (Lipinski definition) is 5. The summed E-state index contributed by atoms with van der Waals surface area (Å²) in [6.45, 7) is 18.4. The molecule has 0 bridgehead atoms. The second-order valence-electron chi connectivity index (χ2n) is 17.4. The first-order valence-corrected chi connectivity index (χ1v) is 18.3. The maximum Gasteiger partial charge on any atom is 0.339 e. The second-order valence-corrected chi connectivity index (χ2v) is 18.5. The average Bonchev–Trinajstić information content (AvgIpc) is 3.32. The van der Waals surface area contributed by atoms with Crippen LogP contribution in [0.1, 0.15) is 130 Å². The smallest absolute Gasteiger partial charge is 0.339 e. The number of benzene rings is 1. The normalized spacial score (nSPS) is 41.2. The van der Waals surface area contributed by atoms with Gasteiger partial charge in [0, 0.05) is 16.1 Å². The zero-order chi connectivity index (χ0) is 32.5. The molecule has 0 saturated heterocycles. The van der Waals surface area contributed by atoms with Crippen LogP contribution in [-0.4, -0.2) is 46.7 Å². The SMILES string of the molecule is COC(C)(C)CCC[C@@](C)(O)[C@H]1CC[C@]2(C)[C@@H]1[C@H](O)C[C@@H]1[C@@]3(C)CC[C@H](OC(=O)c4ccccc4I)C(C)(C)[C@@H]3CC[C@]12C. The summed E-state index contributed by atoms with van der Waals surface area (Å²) < 4.78 is 12.9. The molecule has 0 heterocycles. The van der Waals surface area contributed by atoms with Crippen molar-refractivity contribution in [3.05, 3.63) is 33.4 Å². The van der Waals surface area contributed by atoms with Crippen molar-refractivity contribution in [2.75, 3.05) is 7.11 Å². The van der Waals surface area contributed by atoms with E-state index in [0.717, 1.165) is 67.8 Å². The van der Waals surface area contributed by atoms with Gasteiger partial charge >= 0.3 is 5.97 Å². The molecule has 10 atom stereocenters. The van der Waals surface area contributed by atoms with Crippen LogP contribution >= 0.6 is 22.6 Å². The molecule has 4 saturated carbocycles. The minimum absolute atomic E-state index is 0.0266. The van der Waals surface area contributed by atoms with E-state index < -0.39 is 11.7 Å². The highest BCUT2D eigenvalue weighted by molar-refractivity contribution is 14.1. The van der Waals surface area contributed by atoms with E-state index in [0.29, 0.717) is 17.4 Å². The largest absolute Gasteiger partial charge is 0.458 e. The molecule has 248 valence electrons. The molecule has 4 aliphatic carbocycles. The van der Waals surface area contributed by atoms with E-state index in [2.05, 4.69) is 71.1 Å². The number of rotatable bonds is 8. The molecule has 6 heteroatoms. The summed E-state index contributed by atoms with van der Waals surface area (Å²) in [5.74, 6) is 0.792. The molecule has 4 aliphatic rings. The second kappa shape index (κ2) is 11.8. The first-order chi connectivity index (χ1) is 20.3. The Kier molecular flexibility index (Phi) is 9.26. The van der Waals surface area contributed by atoms with Gasteiger partial charge in [-0.2, -0.15) is 0 Å². The van der Waals surface area contributed by atoms with Crippen LogP contribution < -0.4 is 0 Å². The van der Waals surface area contributed by atoms with E-state index in [9.17, 15) is 15.0 Å². The Morgan fingerprint density at radius 1 is 0.955 bits per heavy atom. The summed E-state index contributed by atoms with van der Waals surface area (Å²) in [4.78, 5) is 13.3. The van der Waals surface area contributed by atoms with Crippen LogP contribution in [0.3, 0.4) is 0 Å². The molecule has 5 nitrogen and oxygen atoms in total. The Balaban J connectivity index is 1.36. The topological polar surface area (TPSA) is 76.0 Å². The third-order valence-electron chi connectivity index (χ3n) is 14.5. The highest BCUT2D eigenvalue weighted by Crippen LogP contribution is 2.76. The lowest BCUT2D eigenvalue weighted by atomic mass is 9.35. The fraction of sp³-hybridized carbons (Fsp3) is 0.816. The fourth-order valence-corrected chi connectivity index (χ4v) is 12.2. The van der Waals surface area contributed by atoms with E-state index >= 15 is 0 Å². The molecule has 4 fully saturated rings. The van der Waals surface area contributed by atoms with Crippen LogP contribution in [0, 0.1) is 48.9 Å². The molecule has 0 amide bonds. The van der Waals surface area contributed by atoms with Crippen molar-refractivity contribution in [2.24, 2.45) is 45.3 Å². The molecule has 0 spiro atoms. The van der Waals surface area contributed by atoms with Crippen LogP contribution in [-0.2, 0) is 9.47 Å². The molecule has 2 N–H and O–H groups in total. The lowest BCUT2D eigenvalue weighted by molar-refractivity contribution is -0.246. The van der Waals surface area contributed by atoms with Crippen LogP contribution in [0.15, 0.2) is 24.3 Å². The molecule has 0 aliphatic heterocycles. The molecular formula is C38H59IO5. The number of carbonyl (C=O) groups is 1. The van der Waals surface area contributed by atoms with E-state index in [1.165, 1.54) is 0 Å². The summed E-state index contributed by atoms with van der Waals surface area (Å²) in [6, 6.07) is 7.68. The van der Waals surface area contributed by atoms with Crippen molar-refractivity contribution in [1.82, 2.24) is 0 Å². The molecule has 0 radical (unpaired) electrons. The zero-order valence-electron chi connectivity index (χ0n) is 28.8. The monoisotopic (exact) mass is 722 g/mol. The zero-order valence-corrected chi connectivity index (χ0v) is 31.0. The van der Waals surface area contributed by atoms with Crippen LogP contribution in [0.2, 0.25) is 0 Å². The van der Waals surface area contributed by atoms with Crippen molar-refractivity contribution in [3.8, 4) is 0 Å². The van der Waals surface area contributed by atoms with Gasteiger partial charge in [-0.15, -0.1) is 0 Å². The number of hydrogen-bond donors (Lipinski definition) is 2.